The van der Waals surface area contributed by atoms with Crippen LogP contribution in [0.15, 0.2) is 6.33 Å². The van der Waals surface area contributed by atoms with Crippen molar-refractivity contribution in [2.75, 3.05) is 31.1 Å². The molecule has 0 bridgehead atoms. The van der Waals surface area contributed by atoms with Gasteiger partial charge in [0.1, 0.15) is 6.33 Å². The Morgan fingerprint density at radius 2 is 2.00 bits per heavy atom. The summed E-state index contributed by atoms with van der Waals surface area (Å²) in [6.45, 7) is 9.87. The monoisotopic (exact) mass is 322 g/mol. The molecular weight excluding hydrogens is 295 g/mol. The maximum absolute atomic E-state index is 14.6. The average molecular weight is 322 g/mol. The van der Waals surface area contributed by atoms with E-state index in [1.54, 1.807) is 0 Å². The number of hydrogen-bond acceptors (Lipinski definition) is 5. The van der Waals surface area contributed by atoms with Gasteiger partial charge in [-0.2, -0.15) is 0 Å². The Morgan fingerprint density at radius 1 is 1.26 bits per heavy atom. The summed E-state index contributed by atoms with van der Waals surface area (Å²) in [4.78, 5) is 12.9. The van der Waals surface area contributed by atoms with Crippen LogP contribution in [0.25, 0.3) is 0 Å². The second-order valence-corrected chi connectivity index (χ2v) is 6.78. The summed E-state index contributed by atoms with van der Waals surface area (Å²) in [5.41, 5.74) is 0.509. The van der Waals surface area contributed by atoms with Gasteiger partial charge in [-0.3, -0.25) is 4.90 Å². The van der Waals surface area contributed by atoms with Crippen molar-refractivity contribution < 1.29 is 9.13 Å². The van der Waals surface area contributed by atoms with E-state index in [2.05, 4.69) is 33.6 Å². The standard InChI is InChI=1S/C17H27FN4O/c1-4-15-16(18)17(20-11-19-15)22-7-5-6-14(22)10-21-8-12(2)23-13(3)9-21/h11-14H,4-10H2,1-3H3. The molecule has 0 radical (unpaired) electrons. The van der Waals surface area contributed by atoms with Crippen molar-refractivity contribution in [2.45, 2.75) is 58.3 Å². The van der Waals surface area contributed by atoms with Gasteiger partial charge in [0.15, 0.2) is 11.6 Å². The largest absolute Gasteiger partial charge is 0.373 e. The second kappa shape index (κ2) is 7.09. The lowest BCUT2D eigenvalue weighted by molar-refractivity contribution is -0.0690. The minimum Gasteiger partial charge on any atom is -0.373 e. The summed E-state index contributed by atoms with van der Waals surface area (Å²) in [6, 6.07) is 0.321. The predicted molar refractivity (Wildman–Crippen MR) is 88.2 cm³/mol. The summed E-state index contributed by atoms with van der Waals surface area (Å²) >= 11 is 0. The van der Waals surface area contributed by atoms with Gasteiger partial charge in [-0.1, -0.05) is 6.92 Å². The number of rotatable bonds is 4. The number of halogens is 1. The lowest BCUT2D eigenvalue weighted by Crippen LogP contribution is -2.50. The van der Waals surface area contributed by atoms with Crippen LogP contribution in [-0.2, 0) is 11.2 Å². The molecule has 0 spiro atoms. The predicted octanol–water partition coefficient (Wildman–Crippen LogP) is 2.26. The molecule has 23 heavy (non-hydrogen) atoms. The minimum atomic E-state index is -0.245. The van der Waals surface area contributed by atoms with Crippen LogP contribution in [0.3, 0.4) is 0 Å². The Balaban J connectivity index is 1.73. The lowest BCUT2D eigenvalue weighted by Gasteiger charge is -2.38. The first kappa shape index (κ1) is 16.6. The smallest absolute Gasteiger partial charge is 0.187 e. The van der Waals surface area contributed by atoms with Gasteiger partial charge < -0.3 is 9.64 Å². The summed E-state index contributed by atoms with van der Waals surface area (Å²) in [5.74, 6) is 0.235. The molecule has 128 valence electrons. The first-order valence-corrected chi connectivity index (χ1v) is 8.72. The molecule has 3 atom stereocenters. The van der Waals surface area contributed by atoms with E-state index in [-0.39, 0.29) is 18.0 Å². The fourth-order valence-electron chi connectivity index (χ4n) is 3.88. The van der Waals surface area contributed by atoms with Gasteiger partial charge in [0.25, 0.3) is 0 Å². The van der Waals surface area contributed by atoms with E-state index in [1.165, 1.54) is 6.33 Å². The fraction of sp³-hybridized carbons (Fsp3) is 0.765. The summed E-state index contributed by atoms with van der Waals surface area (Å²) in [7, 11) is 0. The Bertz CT molecular complexity index is 531. The van der Waals surface area contributed by atoms with Crippen LogP contribution in [0.2, 0.25) is 0 Å². The Morgan fingerprint density at radius 3 is 2.70 bits per heavy atom. The number of anilines is 1. The molecular formula is C17H27FN4O. The van der Waals surface area contributed by atoms with Gasteiger partial charge in [-0.15, -0.1) is 0 Å². The van der Waals surface area contributed by atoms with Gasteiger partial charge >= 0.3 is 0 Å². The van der Waals surface area contributed by atoms with Crippen LogP contribution in [0.4, 0.5) is 10.2 Å². The van der Waals surface area contributed by atoms with Gasteiger partial charge in [-0.25, -0.2) is 14.4 Å². The number of morpholine rings is 1. The summed E-state index contributed by atoms with van der Waals surface area (Å²) in [6.07, 6.45) is 4.78. The first-order valence-electron chi connectivity index (χ1n) is 8.72. The molecule has 0 N–H and O–H groups in total. The van der Waals surface area contributed by atoms with E-state index in [1.807, 2.05) is 6.92 Å². The maximum atomic E-state index is 14.6. The van der Waals surface area contributed by atoms with Crippen LogP contribution >= 0.6 is 0 Å². The van der Waals surface area contributed by atoms with Crippen molar-refractivity contribution in [3.63, 3.8) is 0 Å². The average Bonchev–Trinajstić information content (AvgIpc) is 2.94. The maximum Gasteiger partial charge on any atom is 0.187 e. The third kappa shape index (κ3) is 3.63. The molecule has 0 amide bonds. The molecule has 0 aliphatic carbocycles. The quantitative estimate of drug-likeness (QED) is 0.850. The first-order chi connectivity index (χ1) is 11.1. The zero-order valence-corrected chi connectivity index (χ0v) is 14.3. The SMILES string of the molecule is CCc1ncnc(N2CCCC2CN2CC(C)OC(C)C2)c1F. The van der Waals surface area contributed by atoms with Gasteiger partial charge in [0.2, 0.25) is 0 Å². The van der Waals surface area contributed by atoms with E-state index in [0.29, 0.717) is 24.0 Å². The van der Waals surface area contributed by atoms with E-state index >= 15 is 0 Å². The van der Waals surface area contributed by atoms with E-state index in [9.17, 15) is 4.39 Å². The van der Waals surface area contributed by atoms with Gasteiger partial charge in [0, 0.05) is 32.2 Å². The molecule has 2 fully saturated rings. The van der Waals surface area contributed by atoms with Crippen LogP contribution < -0.4 is 4.90 Å². The topological polar surface area (TPSA) is 41.5 Å². The molecule has 2 aliphatic rings. The molecule has 1 aromatic rings. The van der Waals surface area contributed by atoms with Crippen molar-refractivity contribution in [3.05, 3.63) is 17.8 Å². The van der Waals surface area contributed by atoms with Crippen molar-refractivity contribution in [3.8, 4) is 0 Å². The zero-order chi connectivity index (χ0) is 16.4. The number of aromatic nitrogens is 2. The molecule has 0 saturated carbocycles. The molecule has 3 unspecified atom stereocenters. The Hall–Kier alpha value is -1.27. The van der Waals surface area contributed by atoms with Crippen molar-refractivity contribution in [1.29, 1.82) is 0 Å². The Kier molecular flexibility index (Phi) is 5.11. The number of ether oxygens (including phenoxy) is 1. The highest BCUT2D eigenvalue weighted by Gasteiger charge is 2.32. The minimum absolute atomic E-state index is 0.245. The highest BCUT2D eigenvalue weighted by molar-refractivity contribution is 5.43. The lowest BCUT2D eigenvalue weighted by atomic mass is 10.1. The van der Waals surface area contributed by atoms with E-state index < -0.39 is 0 Å². The third-order valence-corrected chi connectivity index (χ3v) is 4.79. The summed E-state index contributed by atoms with van der Waals surface area (Å²) in [5, 5.41) is 0. The van der Waals surface area contributed by atoms with E-state index in [4.69, 9.17) is 4.74 Å². The van der Waals surface area contributed by atoms with Gasteiger partial charge in [-0.05, 0) is 33.1 Å². The number of aryl methyl sites for hydroxylation is 1. The summed E-state index contributed by atoms with van der Waals surface area (Å²) < 4.78 is 20.4. The third-order valence-electron chi connectivity index (χ3n) is 4.79. The van der Waals surface area contributed by atoms with Crippen LogP contribution in [0.1, 0.15) is 39.3 Å². The van der Waals surface area contributed by atoms with Crippen molar-refractivity contribution in [2.24, 2.45) is 0 Å². The second-order valence-electron chi connectivity index (χ2n) is 6.78. The van der Waals surface area contributed by atoms with E-state index in [0.717, 1.165) is 39.0 Å². The fourth-order valence-corrected chi connectivity index (χ4v) is 3.88. The van der Waals surface area contributed by atoms with Crippen LogP contribution in [-0.4, -0.2) is 59.3 Å². The van der Waals surface area contributed by atoms with Crippen molar-refractivity contribution >= 4 is 5.82 Å². The highest BCUT2D eigenvalue weighted by Crippen LogP contribution is 2.28. The molecule has 3 rings (SSSR count). The number of nitrogens with zero attached hydrogens (tertiary/aromatic N) is 4. The highest BCUT2D eigenvalue weighted by atomic mass is 19.1. The van der Waals surface area contributed by atoms with Gasteiger partial charge in [0.05, 0.1) is 17.9 Å². The van der Waals surface area contributed by atoms with Crippen LogP contribution in [0, 0.1) is 5.82 Å². The number of hydrogen-bond donors (Lipinski definition) is 0. The Labute approximate surface area is 137 Å². The van der Waals surface area contributed by atoms with Crippen molar-refractivity contribution in [1.82, 2.24) is 14.9 Å². The van der Waals surface area contributed by atoms with Crippen LogP contribution in [0.5, 0.6) is 0 Å². The molecule has 2 aliphatic heterocycles. The molecule has 0 aromatic carbocycles. The normalized spacial score (nSPS) is 29.2. The zero-order valence-electron chi connectivity index (χ0n) is 14.3. The molecule has 5 nitrogen and oxygen atoms in total. The molecule has 3 heterocycles. The molecule has 6 heteroatoms. The molecule has 2 saturated heterocycles. The molecule has 1 aromatic heterocycles.